The lowest BCUT2D eigenvalue weighted by Gasteiger charge is -2.35. The van der Waals surface area contributed by atoms with E-state index in [2.05, 4.69) is 32.6 Å². The summed E-state index contributed by atoms with van der Waals surface area (Å²) in [5.74, 6) is 2.02. The van der Waals surface area contributed by atoms with E-state index in [0.717, 1.165) is 21.9 Å². The molecule has 1 aliphatic rings. The van der Waals surface area contributed by atoms with Gasteiger partial charge in [-0.1, -0.05) is 32.0 Å². The van der Waals surface area contributed by atoms with Crippen molar-refractivity contribution in [3.05, 3.63) is 46.6 Å². The van der Waals surface area contributed by atoms with Crippen LogP contribution in [0.25, 0.3) is 10.2 Å². The number of sulfonamides is 1. The van der Waals surface area contributed by atoms with Crippen molar-refractivity contribution < 1.29 is 8.42 Å². The molecule has 3 heterocycles. The zero-order valence-corrected chi connectivity index (χ0v) is 18.8. The highest BCUT2D eigenvalue weighted by Crippen LogP contribution is 2.36. The van der Waals surface area contributed by atoms with Gasteiger partial charge in [0.1, 0.15) is 16.5 Å². The van der Waals surface area contributed by atoms with Crippen LogP contribution in [0.1, 0.15) is 36.0 Å². The summed E-state index contributed by atoms with van der Waals surface area (Å²) in [5.41, 5.74) is 1.22. The standard InChI is InChI=1S/C21H26N4O2S2/c1-14(2)19-22-20(18-15(3)16(4)28-21(18)23-19)24-10-12-25(13-11-24)29(26,27)17-8-6-5-7-9-17/h5-9,14H,10-13H2,1-4H3. The minimum Gasteiger partial charge on any atom is -0.353 e. The molecule has 0 radical (unpaired) electrons. The predicted molar refractivity (Wildman–Crippen MR) is 118 cm³/mol. The first-order valence-corrected chi connectivity index (χ1v) is 12.1. The number of aromatic nitrogens is 2. The highest BCUT2D eigenvalue weighted by atomic mass is 32.2. The molecule has 6 nitrogen and oxygen atoms in total. The first kappa shape index (κ1) is 20.3. The summed E-state index contributed by atoms with van der Waals surface area (Å²) >= 11 is 1.71. The molecule has 8 heteroatoms. The largest absolute Gasteiger partial charge is 0.353 e. The molecular weight excluding hydrogens is 404 g/mol. The summed E-state index contributed by atoms with van der Waals surface area (Å²) in [6.07, 6.45) is 0. The zero-order chi connectivity index (χ0) is 20.8. The molecule has 1 aliphatic heterocycles. The number of thiophene rings is 1. The lowest BCUT2D eigenvalue weighted by molar-refractivity contribution is 0.384. The van der Waals surface area contributed by atoms with E-state index >= 15 is 0 Å². The van der Waals surface area contributed by atoms with Gasteiger partial charge in [-0.2, -0.15) is 4.31 Å². The molecule has 4 rings (SSSR count). The lowest BCUT2D eigenvalue weighted by atomic mass is 10.1. The minimum atomic E-state index is -3.46. The van der Waals surface area contributed by atoms with Gasteiger partial charge >= 0.3 is 0 Å². The number of rotatable bonds is 4. The van der Waals surface area contributed by atoms with E-state index in [9.17, 15) is 8.42 Å². The van der Waals surface area contributed by atoms with E-state index in [4.69, 9.17) is 9.97 Å². The number of benzene rings is 1. The van der Waals surface area contributed by atoms with E-state index in [0.29, 0.717) is 31.1 Å². The molecule has 1 fully saturated rings. The molecule has 1 aromatic carbocycles. The van der Waals surface area contributed by atoms with Crippen molar-refractivity contribution >= 4 is 37.4 Å². The maximum Gasteiger partial charge on any atom is 0.243 e. The summed E-state index contributed by atoms with van der Waals surface area (Å²) in [4.78, 5) is 14.5. The minimum absolute atomic E-state index is 0.237. The van der Waals surface area contributed by atoms with Gasteiger partial charge in [0.25, 0.3) is 0 Å². The quantitative estimate of drug-likeness (QED) is 0.627. The third-order valence-corrected chi connectivity index (χ3v) is 8.48. The van der Waals surface area contributed by atoms with Gasteiger partial charge in [-0.05, 0) is 31.5 Å². The van der Waals surface area contributed by atoms with Gasteiger partial charge in [0.2, 0.25) is 10.0 Å². The fourth-order valence-corrected chi connectivity index (χ4v) is 6.09. The van der Waals surface area contributed by atoms with Crippen LogP contribution in [0.2, 0.25) is 0 Å². The molecule has 154 valence electrons. The molecule has 1 saturated heterocycles. The Morgan fingerprint density at radius 1 is 1.00 bits per heavy atom. The van der Waals surface area contributed by atoms with E-state index in [1.165, 1.54) is 10.4 Å². The predicted octanol–water partition coefficient (Wildman–Crippen LogP) is 3.94. The van der Waals surface area contributed by atoms with Gasteiger partial charge in [0, 0.05) is 37.0 Å². The van der Waals surface area contributed by atoms with Crippen molar-refractivity contribution in [1.82, 2.24) is 14.3 Å². The van der Waals surface area contributed by atoms with Gasteiger partial charge in [-0.3, -0.25) is 0 Å². The number of aryl methyl sites for hydroxylation is 2. The zero-order valence-electron chi connectivity index (χ0n) is 17.2. The highest BCUT2D eigenvalue weighted by molar-refractivity contribution is 7.89. The van der Waals surface area contributed by atoms with Crippen molar-refractivity contribution in [2.24, 2.45) is 0 Å². The van der Waals surface area contributed by atoms with Crippen LogP contribution >= 0.6 is 11.3 Å². The second kappa shape index (κ2) is 7.66. The molecule has 0 unspecified atom stereocenters. The first-order valence-electron chi connectivity index (χ1n) is 9.87. The Balaban J connectivity index is 1.64. The molecule has 0 bridgehead atoms. The number of fused-ring (bicyclic) bond motifs is 1. The molecule has 0 amide bonds. The normalized spacial score (nSPS) is 16.1. The van der Waals surface area contributed by atoms with Gasteiger partial charge in [-0.15, -0.1) is 11.3 Å². The Morgan fingerprint density at radius 2 is 1.66 bits per heavy atom. The molecule has 0 atom stereocenters. The number of piperazine rings is 1. The smallest absolute Gasteiger partial charge is 0.243 e. The van der Waals surface area contributed by atoms with Crippen molar-refractivity contribution in [2.45, 2.75) is 38.5 Å². The van der Waals surface area contributed by atoms with Crippen LogP contribution in [0.5, 0.6) is 0 Å². The fraction of sp³-hybridized carbons (Fsp3) is 0.429. The van der Waals surface area contributed by atoms with Gasteiger partial charge < -0.3 is 4.90 Å². The van der Waals surface area contributed by atoms with Gasteiger partial charge in [-0.25, -0.2) is 18.4 Å². The maximum absolute atomic E-state index is 12.9. The highest BCUT2D eigenvalue weighted by Gasteiger charge is 2.30. The summed E-state index contributed by atoms with van der Waals surface area (Å²) in [6, 6.07) is 8.66. The van der Waals surface area contributed by atoms with Crippen molar-refractivity contribution in [3.63, 3.8) is 0 Å². The molecule has 3 aromatic rings. The van der Waals surface area contributed by atoms with Crippen molar-refractivity contribution in [3.8, 4) is 0 Å². The maximum atomic E-state index is 12.9. The summed E-state index contributed by atoms with van der Waals surface area (Å²) < 4.78 is 27.4. The number of anilines is 1. The monoisotopic (exact) mass is 430 g/mol. The number of hydrogen-bond acceptors (Lipinski definition) is 6. The second-order valence-electron chi connectivity index (χ2n) is 7.73. The Morgan fingerprint density at radius 3 is 2.28 bits per heavy atom. The molecular formula is C21H26N4O2S2. The fourth-order valence-electron chi connectivity index (χ4n) is 3.61. The van der Waals surface area contributed by atoms with Gasteiger partial charge in [0.15, 0.2) is 0 Å². The van der Waals surface area contributed by atoms with Gasteiger partial charge in [0.05, 0.1) is 10.3 Å². The van der Waals surface area contributed by atoms with Crippen LogP contribution in [0.3, 0.4) is 0 Å². The average molecular weight is 431 g/mol. The molecule has 0 N–H and O–H groups in total. The summed E-state index contributed by atoms with van der Waals surface area (Å²) in [6.45, 7) is 10.6. The van der Waals surface area contributed by atoms with Crippen LogP contribution < -0.4 is 4.90 Å². The van der Waals surface area contributed by atoms with E-state index in [1.54, 1.807) is 39.9 Å². The molecule has 29 heavy (non-hydrogen) atoms. The van der Waals surface area contributed by atoms with E-state index in [-0.39, 0.29) is 5.92 Å². The molecule has 0 aliphatic carbocycles. The Labute approximate surface area is 176 Å². The third kappa shape index (κ3) is 3.65. The summed E-state index contributed by atoms with van der Waals surface area (Å²) in [7, 11) is -3.46. The second-order valence-corrected chi connectivity index (χ2v) is 10.9. The summed E-state index contributed by atoms with van der Waals surface area (Å²) in [5, 5.41) is 1.11. The topological polar surface area (TPSA) is 66.4 Å². The van der Waals surface area contributed by atoms with Crippen LogP contribution in [0, 0.1) is 13.8 Å². The Bertz CT molecular complexity index is 1130. The van der Waals surface area contributed by atoms with Crippen molar-refractivity contribution in [2.75, 3.05) is 31.1 Å². The van der Waals surface area contributed by atoms with Crippen LogP contribution in [-0.2, 0) is 10.0 Å². The Hall–Kier alpha value is -2.03. The van der Waals surface area contributed by atoms with Crippen molar-refractivity contribution in [1.29, 1.82) is 0 Å². The number of hydrogen-bond donors (Lipinski definition) is 0. The molecule has 2 aromatic heterocycles. The molecule has 0 saturated carbocycles. The first-order chi connectivity index (χ1) is 13.8. The third-order valence-electron chi connectivity index (χ3n) is 5.46. The van der Waals surface area contributed by atoms with Crippen LogP contribution in [0.15, 0.2) is 35.2 Å². The molecule has 0 spiro atoms. The average Bonchev–Trinajstić information content (AvgIpc) is 3.02. The van der Waals surface area contributed by atoms with E-state index < -0.39 is 10.0 Å². The van der Waals surface area contributed by atoms with Crippen LogP contribution in [0.4, 0.5) is 5.82 Å². The lowest BCUT2D eigenvalue weighted by Crippen LogP contribution is -2.49. The van der Waals surface area contributed by atoms with E-state index in [1.807, 2.05) is 6.07 Å². The Kier molecular flexibility index (Phi) is 5.35. The SMILES string of the molecule is Cc1sc2nc(C(C)C)nc(N3CCN(S(=O)(=O)c4ccccc4)CC3)c2c1C. The van der Waals surface area contributed by atoms with Crippen LogP contribution in [-0.4, -0.2) is 48.9 Å². The number of nitrogens with zero attached hydrogens (tertiary/aromatic N) is 4.